The lowest BCUT2D eigenvalue weighted by molar-refractivity contribution is -0.153. The largest absolute Gasteiger partial charge is 0.480 e. The molecule has 0 heterocycles. The van der Waals surface area contributed by atoms with Crippen molar-refractivity contribution in [2.75, 3.05) is 0 Å². The molecule has 0 spiro atoms. The first-order valence-electron chi connectivity index (χ1n) is 4.64. The van der Waals surface area contributed by atoms with Crippen LogP contribution < -0.4 is 5.32 Å². The number of rotatable bonds is 3. The van der Waals surface area contributed by atoms with Gasteiger partial charge in [-0.25, -0.2) is 0 Å². The van der Waals surface area contributed by atoms with E-state index in [-0.39, 0.29) is 6.04 Å². The topological polar surface area (TPSA) is 66.4 Å². The predicted octanol–water partition coefficient (Wildman–Crippen LogP) is 0.932. The second-order valence-electron chi connectivity index (χ2n) is 4.04. The van der Waals surface area contributed by atoms with Gasteiger partial charge in [-0.3, -0.25) is 9.59 Å². The Bertz CT molecular complexity index is 273. The van der Waals surface area contributed by atoms with Gasteiger partial charge in [0.05, 0.1) is 0 Å². The summed E-state index contributed by atoms with van der Waals surface area (Å²) in [5, 5.41) is 11.5. The average Bonchev–Trinajstić information content (AvgIpc) is 2.56. The molecular formula is C10H15NO3. The maximum Gasteiger partial charge on any atom is 0.318 e. The molecule has 0 saturated carbocycles. The van der Waals surface area contributed by atoms with Crippen LogP contribution >= 0.6 is 0 Å². The quantitative estimate of drug-likeness (QED) is 0.522. The Morgan fingerprint density at radius 2 is 1.86 bits per heavy atom. The van der Waals surface area contributed by atoms with Crippen LogP contribution in [0, 0.1) is 5.41 Å². The van der Waals surface area contributed by atoms with Crippen LogP contribution in [0.4, 0.5) is 0 Å². The molecule has 0 aliphatic heterocycles. The minimum atomic E-state index is -1.34. The number of carbonyl (C=O) groups excluding carboxylic acids is 1. The number of carboxylic acids is 1. The molecule has 0 fully saturated rings. The van der Waals surface area contributed by atoms with Crippen LogP contribution in [0.15, 0.2) is 12.2 Å². The van der Waals surface area contributed by atoms with Gasteiger partial charge in [-0.05, 0) is 26.7 Å². The average molecular weight is 197 g/mol. The molecule has 0 atom stereocenters. The third kappa shape index (κ3) is 2.13. The predicted molar refractivity (Wildman–Crippen MR) is 51.7 cm³/mol. The number of amides is 1. The van der Waals surface area contributed by atoms with Crippen LogP contribution in [0.2, 0.25) is 0 Å². The molecule has 1 aliphatic carbocycles. The van der Waals surface area contributed by atoms with Gasteiger partial charge in [-0.2, -0.15) is 0 Å². The molecule has 2 N–H and O–H groups in total. The van der Waals surface area contributed by atoms with Crippen LogP contribution in [-0.2, 0) is 9.59 Å². The zero-order valence-corrected chi connectivity index (χ0v) is 8.41. The molecule has 0 radical (unpaired) electrons. The van der Waals surface area contributed by atoms with E-state index in [1.165, 1.54) is 13.8 Å². The summed E-state index contributed by atoms with van der Waals surface area (Å²) in [6.07, 6.45) is 5.56. The van der Waals surface area contributed by atoms with Gasteiger partial charge in [0.1, 0.15) is 5.41 Å². The Balaban J connectivity index is 2.53. The first-order chi connectivity index (χ1) is 6.44. The maximum atomic E-state index is 11.5. The fraction of sp³-hybridized carbons (Fsp3) is 0.600. The normalized spacial score (nSPS) is 17.0. The highest BCUT2D eigenvalue weighted by Crippen LogP contribution is 2.17. The standard InChI is InChI=1S/C10H15NO3/c1-10(2,9(13)14)8(12)11-7-5-3-4-6-7/h3-4,7H,5-6H2,1-2H3,(H,11,12)(H,13,14). The van der Waals surface area contributed by atoms with Crippen molar-refractivity contribution in [2.24, 2.45) is 5.41 Å². The highest BCUT2D eigenvalue weighted by Gasteiger charge is 2.36. The number of hydrogen-bond acceptors (Lipinski definition) is 2. The minimum Gasteiger partial charge on any atom is -0.480 e. The lowest BCUT2D eigenvalue weighted by atomic mass is 9.92. The molecule has 1 rings (SSSR count). The molecule has 0 unspecified atom stereocenters. The van der Waals surface area contributed by atoms with Crippen LogP contribution in [0.1, 0.15) is 26.7 Å². The number of nitrogens with one attached hydrogen (secondary N) is 1. The van der Waals surface area contributed by atoms with Crippen molar-refractivity contribution in [1.82, 2.24) is 5.32 Å². The maximum absolute atomic E-state index is 11.5. The molecular weight excluding hydrogens is 182 g/mol. The van der Waals surface area contributed by atoms with E-state index in [0.29, 0.717) is 0 Å². The molecule has 1 aliphatic rings. The van der Waals surface area contributed by atoms with E-state index in [4.69, 9.17) is 5.11 Å². The van der Waals surface area contributed by atoms with E-state index < -0.39 is 17.3 Å². The van der Waals surface area contributed by atoms with E-state index in [9.17, 15) is 9.59 Å². The highest BCUT2D eigenvalue weighted by molar-refractivity contribution is 6.01. The molecule has 0 aromatic rings. The summed E-state index contributed by atoms with van der Waals surface area (Å²) in [6, 6.07) is 0.0705. The van der Waals surface area contributed by atoms with Gasteiger partial charge in [0.2, 0.25) is 5.91 Å². The summed E-state index contributed by atoms with van der Waals surface area (Å²) < 4.78 is 0. The first-order valence-corrected chi connectivity index (χ1v) is 4.64. The summed E-state index contributed by atoms with van der Waals surface area (Å²) >= 11 is 0. The van der Waals surface area contributed by atoms with Crippen molar-refractivity contribution in [3.63, 3.8) is 0 Å². The van der Waals surface area contributed by atoms with Gasteiger partial charge >= 0.3 is 5.97 Å². The summed E-state index contributed by atoms with van der Waals surface area (Å²) in [6.45, 7) is 2.82. The summed E-state index contributed by atoms with van der Waals surface area (Å²) in [4.78, 5) is 22.3. The molecule has 14 heavy (non-hydrogen) atoms. The number of carbonyl (C=O) groups is 2. The van der Waals surface area contributed by atoms with Gasteiger partial charge in [-0.15, -0.1) is 0 Å². The monoisotopic (exact) mass is 197 g/mol. The first kappa shape index (κ1) is 10.8. The van der Waals surface area contributed by atoms with Crippen molar-refractivity contribution in [1.29, 1.82) is 0 Å². The van der Waals surface area contributed by atoms with Crippen molar-refractivity contribution < 1.29 is 14.7 Å². The van der Waals surface area contributed by atoms with E-state index in [2.05, 4.69) is 5.32 Å². The second kappa shape index (κ2) is 3.82. The van der Waals surface area contributed by atoms with Crippen LogP contribution in [0.5, 0.6) is 0 Å². The molecule has 0 saturated heterocycles. The van der Waals surface area contributed by atoms with Crippen LogP contribution in [-0.4, -0.2) is 23.0 Å². The Kier molecular flexibility index (Phi) is 2.93. The van der Waals surface area contributed by atoms with Crippen molar-refractivity contribution >= 4 is 11.9 Å². The zero-order chi connectivity index (χ0) is 10.8. The number of hydrogen-bond donors (Lipinski definition) is 2. The third-order valence-corrected chi connectivity index (χ3v) is 2.45. The second-order valence-corrected chi connectivity index (χ2v) is 4.04. The molecule has 1 amide bonds. The lowest BCUT2D eigenvalue weighted by Gasteiger charge is -2.21. The van der Waals surface area contributed by atoms with Gasteiger partial charge < -0.3 is 10.4 Å². The third-order valence-electron chi connectivity index (χ3n) is 2.45. The van der Waals surface area contributed by atoms with E-state index in [1.54, 1.807) is 0 Å². The minimum absolute atomic E-state index is 0.0705. The molecule has 0 bridgehead atoms. The number of carboxylic acid groups (broad SMARTS) is 1. The van der Waals surface area contributed by atoms with Gasteiger partial charge in [-0.1, -0.05) is 12.2 Å². The Morgan fingerprint density at radius 3 is 2.29 bits per heavy atom. The van der Waals surface area contributed by atoms with E-state index in [1.807, 2.05) is 12.2 Å². The lowest BCUT2D eigenvalue weighted by Crippen LogP contribution is -2.45. The van der Waals surface area contributed by atoms with Crippen molar-refractivity contribution in [2.45, 2.75) is 32.7 Å². The van der Waals surface area contributed by atoms with Crippen molar-refractivity contribution in [3.8, 4) is 0 Å². The zero-order valence-electron chi connectivity index (χ0n) is 8.41. The van der Waals surface area contributed by atoms with Crippen LogP contribution in [0.25, 0.3) is 0 Å². The smallest absolute Gasteiger partial charge is 0.318 e. The Morgan fingerprint density at radius 1 is 1.36 bits per heavy atom. The summed E-state index contributed by atoms with van der Waals surface area (Å²) in [5.74, 6) is -1.51. The molecule has 4 nitrogen and oxygen atoms in total. The van der Waals surface area contributed by atoms with Gasteiger partial charge in [0.25, 0.3) is 0 Å². The summed E-state index contributed by atoms with van der Waals surface area (Å²) in [5.41, 5.74) is -1.34. The SMILES string of the molecule is CC(C)(C(=O)O)C(=O)NC1CC=CC1. The number of aliphatic carboxylic acids is 1. The molecule has 78 valence electrons. The Labute approximate surface area is 83.0 Å². The summed E-state index contributed by atoms with van der Waals surface area (Å²) in [7, 11) is 0. The highest BCUT2D eigenvalue weighted by atomic mass is 16.4. The molecule has 4 heteroatoms. The Hall–Kier alpha value is -1.32. The van der Waals surface area contributed by atoms with Gasteiger partial charge in [0.15, 0.2) is 0 Å². The molecule has 0 aromatic heterocycles. The van der Waals surface area contributed by atoms with Crippen molar-refractivity contribution in [3.05, 3.63) is 12.2 Å². The van der Waals surface area contributed by atoms with E-state index >= 15 is 0 Å². The van der Waals surface area contributed by atoms with E-state index in [0.717, 1.165) is 12.8 Å². The fourth-order valence-electron chi connectivity index (χ4n) is 1.20. The fourth-order valence-corrected chi connectivity index (χ4v) is 1.20. The van der Waals surface area contributed by atoms with Gasteiger partial charge in [0, 0.05) is 6.04 Å². The molecule has 0 aromatic carbocycles. The van der Waals surface area contributed by atoms with Crippen LogP contribution in [0.3, 0.4) is 0 Å².